The van der Waals surface area contributed by atoms with Crippen molar-refractivity contribution in [1.29, 1.82) is 0 Å². The molecule has 10 nitrogen and oxygen atoms in total. The molecule has 2 aromatic heterocycles. The second kappa shape index (κ2) is 9.54. The summed E-state index contributed by atoms with van der Waals surface area (Å²) < 4.78 is 12.9. The lowest BCUT2D eigenvalue weighted by Crippen LogP contribution is -2.40. The van der Waals surface area contributed by atoms with Crippen LogP contribution >= 0.6 is 0 Å². The third-order valence-corrected chi connectivity index (χ3v) is 6.79. The van der Waals surface area contributed by atoms with Gasteiger partial charge in [0.25, 0.3) is 0 Å². The molecule has 0 spiro atoms. The zero-order valence-electron chi connectivity index (χ0n) is 19.7. The Morgan fingerprint density at radius 3 is 2.75 bits per heavy atom. The first kappa shape index (κ1) is 22.4. The molecule has 2 amide bonds. The van der Waals surface area contributed by atoms with Crippen LogP contribution in [0.4, 0.5) is 5.69 Å². The van der Waals surface area contributed by atoms with Gasteiger partial charge in [-0.05, 0) is 30.3 Å². The molecule has 2 fully saturated rings. The van der Waals surface area contributed by atoms with Gasteiger partial charge in [0.2, 0.25) is 23.5 Å². The third-order valence-electron chi connectivity index (χ3n) is 6.79. The molecule has 2 aliphatic heterocycles. The summed E-state index contributed by atoms with van der Waals surface area (Å²) in [5.74, 6) is 0.960. The standard InChI is InChI=1S/C26H26N6O4/c33-23(30-10-12-35-13-11-30)8-9-31-17-27-21-14-18(6-7-22(21)31)25-28-26(36-29-25)19-15-24(34)32(16-19)20-4-2-1-3-5-20/h1-7,14,17,19H,8-13,15-16H2. The van der Waals surface area contributed by atoms with E-state index in [0.717, 1.165) is 22.3 Å². The quantitative estimate of drug-likeness (QED) is 0.413. The Hall–Kier alpha value is -4.05. The summed E-state index contributed by atoms with van der Waals surface area (Å²) in [6, 6.07) is 15.4. The molecule has 0 saturated carbocycles. The van der Waals surface area contributed by atoms with Crippen molar-refractivity contribution in [2.24, 2.45) is 0 Å². The average molecular weight is 487 g/mol. The first-order valence-corrected chi connectivity index (χ1v) is 12.2. The molecular formula is C26H26N6O4. The number of para-hydroxylation sites is 1. The van der Waals surface area contributed by atoms with Crippen molar-refractivity contribution in [3.05, 3.63) is 60.7 Å². The van der Waals surface area contributed by atoms with Crippen LogP contribution in [0, 0.1) is 0 Å². The molecule has 2 saturated heterocycles. The van der Waals surface area contributed by atoms with Gasteiger partial charge in [-0.3, -0.25) is 9.59 Å². The highest BCUT2D eigenvalue weighted by Crippen LogP contribution is 2.32. The van der Waals surface area contributed by atoms with Crippen LogP contribution in [0.25, 0.3) is 22.4 Å². The molecule has 4 heterocycles. The van der Waals surface area contributed by atoms with Crippen LogP contribution in [-0.2, 0) is 20.9 Å². The van der Waals surface area contributed by atoms with Gasteiger partial charge in [0.05, 0.1) is 36.5 Å². The van der Waals surface area contributed by atoms with Crippen molar-refractivity contribution in [2.45, 2.75) is 25.3 Å². The highest BCUT2D eigenvalue weighted by atomic mass is 16.5. The van der Waals surface area contributed by atoms with E-state index < -0.39 is 0 Å². The molecular weight excluding hydrogens is 460 g/mol. The van der Waals surface area contributed by atoms with Gasteiger partial charge in [-0.25, -0.2) is 4.98 Å². The lowest BCUT2D eigenvalue weighted by molar-refractivity contribution is -0.135. The predicted octanol–water partition coefficient (Wildman–Crippen LogP) is 2.86. The van der Waals surface area contributed by atoms with Gasteiger partial charge in [0, 0.05) is 50.3 Å². The van der Waals surface area contributed by atoms with Crippen LogP contribution in [0.15, 0.2) is 59.4 Å². The fourth-order valence-corrected chi connectivity index (χ4v) is 4.82. The molecule has 36 heavy (non-hydrogen) atoms. The Kier molecular flexibility index (Phi) is 5.94. The van der Waals surface area contributed by atoms with Crippen molar-refractivity contribution in [1.82, 2.24) is 24.6 Å². The maximum atomic E-state index is 12.6. The van der Waals surface area contributed by atoms with Gasteiger partial charge in [0.1, 0.15) is 0 Å². The first-order valence-electron chi connectivity index (χ1n) is 12.2. The number of carbonyl (C=O) groups excluding carboxylic acids is 2. The molecule has 0 bridgehead atoms. The fourth-order valence-electron chi connectivity index (χ4n) is 4.82. The Morgan fingerprint density at radius 1 is 1.08 bits per heavy atom. The number of rotatable bonds is 6. The molecule has 10 heteroatoms. The monoisotopic (exact) mass is 486 g/mol. The van der Waals surface area contributed by atoms with Crippen molar-refractivity contribution >= 4 is 28.5 Å². The number of aromatic nitrogens is 4. The van der Waals surface area contributed by atoms with Gasteiger partial charge < -0.3 is 23.6 Å². The van der Waals surface area contributed by atoms with Gasteiger partial charge >= 0.3 is 0 Å². The number of imidazole rings is 1. The summed E-state index contributed by atoms with van der Waals surface area (Å²) in [6.45, 7) is 3.58. The number of anilines is 1. The maximum absolute atomic E-state index is 12.6. The number of carbonyl (C=O) groups is 2. The van der Waals surface area contributed by atoms with Crippen LogP contribution in [0.3, 0.4) is 0 Å². The van der Waals surface area contributed by atoms with Crippen molar-refractivity contribution < 1.29 is 18.8 Å². The van der Waals surface area contributed by atoms with E-state index in [1.165, 1.54) is 0 Å². The summed E-state index contributed by atoms with van der Waals surface area (Å²) in [5, 5.41) is 4.17. The molecule has 184 valence electrons. The Morgan fingerprint density at radius 2 is 1.92 bits per heavy atom. The van der Waals surface area contributed by atoms with E-state index >= 15 is 0 Å². The number of hydrogen-bond donors (Lipinski definition) is 0. The highest BCUT2D eigenvalue weighted by molar-refractivity contribution is 5.96. The number of morpholine rings is 1. The smallest absolute Gasteiger partial charge is 0.232 e. The van der Waals surface area contributed by atoms with Crippen LogP contribution in [0.2, 0.25) is 0 Å². The number of aryl methyl sites for hydroxylation is 1. The minimum absolute atomic E-state index is 0.0463. The molecule has 2 aliphatic rings. The van der Waals surface area contributed by atoms with E-state index in [0.29, 0.717) is 63.9 Å². The topological polar surface area (TPSA) is 107 Å². The van der Waals surface area contributed by atoms with E-state index in [1.807, 2.05) is 58.0 Å². The normalized spacial score (nSPS) is 18.3. The fraction of sp³-hybridized carbons (Fsp3) is 0.346. The van der Waals surface area contributed by atoms with E-state index in [4.69, 9.17) is 9.26 Å². The van der Waals surface area contributed by atoms with Crippen LogP contribution in [-0.4, -0.2) is 69.3 Å². The Labute approximate surface area is 207 Å². The average Bonchev–Trinajstić information content (AvgIpc) is 3.66. The number of amides is 2. The molecule has 1 atom stereocenters. The predicted molar refractivity (Wildman–Crippen MR) is 131 cm³/mol. The minimum atomic E-state index is -0.147. The Balaban J connectivity index is 1.14. The number of ether oxygens (including phenoxy) is 1. The lowest BCUT2D eigenvalue weighted by Gasteiger charge is -2.26. The van der Waals surface area contributed by atoms with Crippen molar-refractivity contribution in [3.8, 4) is 11.4 Å². The summed E-state index contributed by atoms with van der Waals surface area (Å²) in [7, 11) is 0. The number of fused-ring (bicyclic) bond motifs is 1. The van der Waals surface area contributed by atoms with E-state index in [9.17, 15) is 9.59 Å². The first-order chi connectivity index (χ1) is 17.7. The Bertz CT molecular complexity index is 1390. The van der Waals surface area contributed by atoms with Gasteiger partial charge in [-0.2, -0.15) is 4.98 Å². The van der Waals surface area contributed by atoms with Crippen LogP contribution in [0.5, 0.6) is 0 Å². The molecule has 4 aromatic rings. The van der Waals surface area contributed by atoms with Crippen LogP contribution in [0.1, 0.15) is 24.7 Å². The van der Waals surface area contributed by atoms with E-state index in [1.54, 1.807) is 11.2 Å². The molecule has 1 unspecified atom stereocenters. The zero-order chi connectivity index (χ0) is 24.5. The van der Waals surface area contributed by atoms with Crippen molar-refractivity contribution in [2.75, 3.05) is 37.7 Å². The molecule has 0 N–H and O–H groups in total. The van der Waals surface area contributed by atoms with Gasteiger partial charge in [-0.15, -0.1) is 0 Å². The molecule has 0 radical (unpaired) electrons. The molecule has 2 aromatic carbocycles. The summed E-state index contributed by atoms with van der Waals surface area (Å²) in [4.78, 5) is 37.8. The lowest BCUT2D eigenvalue weighted by atomic mass is 10.1. The second-order valence-corrected chi connectivity index (χ2v) is 9.08. The molecule has 6 rings (SSSR count). The maximum Gasteiger partial charge on any atom is 0.232 e. The summed E-state index contributed by atoms with van der Waals surface area (Å²) >= 11 is 0. The summed E-state index contributed by atoms with van der Waals surface area (Å²) in [6.07, 6.45) is 2.51. The number of nitrogens with zero attached hydrogens (tertiary/aromatic N) is 6. The number of benzene rings is 2. The van der Waals surface area contributed by atoms with Gasteiger partial charge in [-0.1, -0.05) is 23.4 Å². The second-order valence-electron chi connectivity index (χ2n) is 9.08. The minimum Gasteiger partial charge on any atom is -0.378 e. The molecule has 0 aliphatic carbocycles. The largest absolute Gasteiger partial charge is 0.378 e. The van der Waals surface area contributed by atoms with Gasteiger partial charge in [0.15, 0.2) is 0 Å². The van der Waals surface area contributed by atoms with E-state index in [-0.39, 0.29) is 17.7 Å². The summed E-state index contributed by atoms with van der Waals surface area (Å²) in [5.41, 5.74) is 3.40. The number of hydrogen-bond acceptors (Lipinski definition) is 7. The third kappa shape index (κ3) is 4.35. The van der Waals surface area contributed by atoms with E-state index in [2.05, 4.69) is 15.1 Å². The highest BCUT2D eigenvalue weighted by Gasteiger charge is 2.35. The zero-order valence-corrected chi connectivity index (χ0v) is 19.7. The van der Waals surface area contributed by atoms with Crippen molar-refractivity contribution in [3.63, 3.8) is 0 Å². The van der Waals surface area contributed by atoms with Crippen LogP contribution < -0.4 is 4.90 Å². The SMILES string of the molecule is O=C(CCn1cnc2cc(-c3noc(C4CC(=O)N(c5ccccc5)C4)n3)ccc21)N1CCOCC1.